The van der Waals surface area contributed by atoms with E-state index in [4.69, 9.17) is 0 Å². The Labute approximate surface area is 99.3 Å². The second-order valence-electron chi connectivity index (χ2n) is 5.68. The van der Waals surface area contributed by atoms with E-state index in [0.29, 0.717) is 5.92 Å². The van der Waals surface area contributed by atoms with E-state index < -0.39 is 0 Å². The number of anilines is 1. The van der Waals surface area contributed by atoms with Gasteiger partial charge in [-0.15, -0.1) is 0 Å². The van der Waals surface area contributed by atoms with E-state index in [0.717, 1.165) is 18.4 Å². The van der Waals surface area contributed by atoms with Gasteiger partial charge in [0, 0.05) is 18.2 Å². The molecule has 0 fully saturated rings. The standard InChI is InChI=1S/C15H23N/c1-10(2)7-12(4)14-9-16-15-6-5-11(3)8-13(14)15/h5-6,8,10,12,14,16H,7,9H2,1-4H3. The highest BCUT2D eigenvalue weighted by molar-refractivity contribution is 5.59. The summed E-state index contributed by atoms with van der Waals surface area (Å²) in [7, 11) is 0. The van der Waals surface area contributed by atoms with Gasteiger partial charge in [-0.3, -0.25) is 0 Å². The van der Waals surface area contributed by atoms with Gasteiger partial charge in [-0.05, 0) is 36.8 Å². The number of benzene rings is 1. The summed E-state index contributed by atoms with van der Waals surface area (Å²) in [5.41, 5.74) is 4.27. The molecule has 16 heavy (non-hydrogen) atoms. The van der Waals surface area contributed by atoms with Crippen LogP contribution in [0.5, 0.6) is 0 Å². The van der Waals surface area contributed by atoms with Gasteiger partial charge in [0.2, 0.25) is 0 Å². The van der Waals surface area contributed by atoms with E-state index in [-0.39, 0.29) is 0 Å². The monoisotopic (exact) mass is 217 g/mol. The molecule has 1 heterocycles. The highest BCUT2D eigenvalue weighted by atomic mass is 14.9. The van der Waals surface area contributed by atoms with Crippen LogP contribution >= 0.6 is 0 Å². The Kier molecular flexibility index (Phi) is 3.22. The molecule has 1 nitrogen and oxygen atoms in total. The summed E-state index contributed by atoms with van der Waals surface area (Å²) in [6.07, 6.45) is 1.32. The zero-order valence-corrected chi connectivity index (χ0v) is 10.9. The van der Waals surface area contributed by atoms with Crippen LogP contribution in [0, 0.1) is 18.8 Å². The van der Waals surface area contributed by atoms with Crippen LogP contribution in [0.2, 0.25) is 0 Å². The van der Waals surface area contributed by atoms with Crippen LogP contribution in [0.3, 0.4) is 0 Å². The van der Waals surface area contributed by atoms with Crippen LogP contribution in [0.25, 0.3) is 0 Å². The first kappa shape index (κ1) is 11.5. The molecule has 1 heteroatoms. The van der Waals surface area contributed by atoms with Crippen molar-refractivity contribution < 1.29 is 0 Å². The summed E-state index contributed by atoms with van der Waals surface area (Å²) in [4.78, 5) is 0. The molecular formula is C15H23N. The van der Waals surface area contributed by atoms with Gasteiger partial charge in [0.1, 0.15) is 0 Å². The zero-order valence-electron chi connectivity index (χ0n) is 10.9. The van der Waals surface area contributed by atoms with Gasteiger partial charge in [-0.25, -0.2) is 0 Å². The lowest BCUT2D eigenvalue weighted by molar-refractivity contribution is 0.388. The van der Waals surface area contributed by atoms with E-state index in [9.17, 15) is 0 Å². The van der Waals surface area contributed by atoms with Crippen LogP contribution < -0.4 is 5.32 Å². The number of hydrogen-bond donors (Lipinski definition) is 1. The van der Waals surface area contributed by atoms with Crippen molar-refractivity contribution in [3.8, 4) is 0 Å². The molecule has 1 N–H and O–H groups in total. The third kappa shape index (κ3) is 2.23. The Hall–Kier alpha value is -0.980. The average Bonchev–Trinajstić information content (AvgIpc) is 2.59. The summed E-state index contributed by atoms with van der Waals surface area (Å²) >= 11 is 0. The number of rotatable bonds is 3. The molecule has 1 aliphatic heterocycles. The molecule has 0 spiro atoms. The van der Waals surface area contributed by atoms with Crippen LogP contribution in [-0.4, -0.2) is 6.54 Å². The van der Waals surface area contributed by atoms with E-state index in [1.54, 1.807) is 0 Å². The highest BCUT2D eigenvalue weighted by Crippen LogP contribution is 2.38. The predicted octanol–water partition coefficient (Wildman–Crippen LogP) is 4.19. The fourth-order valence-corrected chi connectivity index (χ4v) is 2.90. The Bertz CT molecular complexity index is 368. The van der Waals surface area contributed by atoms with Crippen LogP contribution in [0.15, 0.2) is 18.2 Å². The van der Waals surface area contributed by atoms with Crippen molar-refractivity contribution >= 4 is 5.69 Å². The number of hydrogen-bond acceptors (Lipinski definition) is 1. The van der Waals surface area contributed by atoms with Gasteiger partial charge in [0.25, 0.3) is 0 Å². The van der Waals surface area contributed by atoms with E-state index in [1.165, 1.54) is 23.2 Å². The molecule has 0 radical (unpaired) electrons. The van der Waals surface area contributed by atoms with E-state index in [1.807, 2.05) is 0 Å². The molecule has 2 unspecified atom stereocenters. The van der Waals surface area contributed by atoms with Crippen molar-refractivity contribution in [1.29, 1.82) is 0 Å². The smallest absolute Gasteiger partial charge is 0.0376 e. The van der Waals surface area contributed by atoms with Gasteiger partial charge in [-0.2, -0.15) is 0 Å². The zero-order chi connectivity index (χ0) is 11.7. The van der Waals surface area contributed by atoms with E-state index in [2.05, 4.69) is 51.2 Å². The van der Waals surface area contributed by atoms with Crippen LogP contribution in [0.1, 0.15) is 44.2 Å². The van der Waals surface area contributed by atoms with Crippen molar-refractivity contribution in [2.75, 3.05) is 11.9 Å². The van der Waals surface area contributed by atoms with Gasteiger partial charge in [0.15, 0.2) is 0 Å². The number of aryl methyl sites for hydroxylation is 1. The molecule has 0 aromatic heterocycles. The summed E-state index contributed by atoms with van der Waals surface area (Å²) in [5, 5.41) is 3.53. The summed E-state index contributed by atoms with van der Waals surface area (Å²) < 4.78 is 0. The van der Waals surface area contributed by atoms with Crippen LogP contribution in [-0.2, 0) is 0 Å². The lowest BCUT2D eigenvalue weighted by Crippen LogP contribution is -2.14. The Morgan fingerprint density at radius 3 is 2.75 bits per heavy atom. The third-order valence-electron chi connectivity index (χ3n) is 3.65. The first-order valence-electron chi connectivity index (χ1n) is 6.42. The van der Waals surface area contributed by atoms with Crippen molar-refractivity contribution in [2.24, 2.45) is 11.8 Å². The quantitative estimate of drug-likeness (QED) is 0.800. The molecule has 0 amide bonds. The second kappa shape index (κ2) is 4.48. The van der Waals surface area contributed by atoms with Gasteiger partial charge < -0.3 is 5.32 Å². The molecule has 0 bridgehead atoms. The van der Waals surface area contributed by atoms with E-state index >= 15 is 0 Å². The SMILES string of the molecule is Cc1ccc2c(c1)C(C(C)CC(C)C)CN2. The highest BCUT2D eigenvalue weighted by Gasteiger charge is 2.27. The maximum absolute atomic E-state index is 3.53. The maximum Gasteiger partial charge on any atom is 0.0376 e. The summed E-state index contributed by atoms with van der Waals surface area (Å²) in [6.45, 7) is 10.3. The maximum atomic E-state index is 3.53. The lowest BCUT2D eigenvalue weighted by atomic mass is 9.83. The predicted molar refractivity (Wildman–Crippen MR) is 71.0 cm³/mol. The Morgan fingerprint density at radius 2 is 2.06 bits per heavy atom. The normalized spacial score (nSPS) is 20.7. The molecule has 1 aliphatic rings. The molecule has 0 saturated carbocycles. The van der Waals surface area contributed by atoms with Gasteiger partial charge >= 0.3 is 0 Å². The molecule has 0 aliphatic carbocycles. The molecule has 1 aromatic carbocycles. The van der Waals surface area contributed by atoms with Crippen molar-refractivity contribution in [2.45, 2.75) is 40.0 Å². The topological polar surface area (TPSA) is 12.0 Å². The summed E-state index contributed by atoms with van der Waals surface area (Å²) in [5.74, 6) is 2.27. The Morgan fingerprint density at radius 1 is 1.31 bits per heavy atom. The minimum absolute atomic E-state index is 0.706. The fraction of sp³-hybridized carbons (Fsp3) is 0.600. The van der Waals surface area contributed by atoms with Crippen molar-refractivity contribution in [1.82, 2.24) is 0 Å². The van der Waals surface area contributed by atoms with Gasteiger partial charge in [-0.1, -0.05) is 38.5 Å². The molecular weight excluding hydrogens is 194 g/mol. The van der Waals surface area contributed by atoms with Crippen molar-refractivity contribution in [3.63, 3.8) is 0 Å². The summed E-state index contributed by atoms with van der Waals surface area (Å²) in [6, 6.07) is 6.78. The Balaban J connectivity index is 2.19. The average molecular weight is 217 g/mol. The lowest BCUT2D eigenvalue weighted by Gasteiger charge is -2.21. The number of nitrogens with one attached hydrogen (secondary N) is 1. The third-order valence-corrected chi connectivity index (χ3v) is 3.65. The minimum Gasteiger partial charge on any atom is -0.384 e. The molecule has 88 valence electrons. The second-order valence-corrected chi connectivity index (χ2v) is 5.68. The minimum atomic E-state index is 0.706. The molecule has 1 aromatic rings. The molecule has 0 saturated heterocycles. The largest absolute Gasteiger partial charge is 0.384 e. The molecule has 2 rings (SSSR count). The first-order valence-corrected chi connectivity index (χ1v) is 6.42. The van der Waals surface area contributed by atoms with Gasteiger partial charge in [0.05, 0.1) is 0 Å². The molecule has 2 atom stereocenters. The fourth-order valence-electron chi connectivity index (χ4n) is 2.90. The number of fused-ring (bicyclic) bond motifs is 1. The first-order chi connectivity index (χ1) is 7.58. The van der Waals surface area contributed by atoms with Crippen molar-refractivity contribution in [3.05, 3.63) is 29.3 Å². The van der Waals surface area contributed by atoms with Crippen LogP contribution in [0.4, 0.5) is 5.69 Å².